The first-order valence-corrected chi connectivity index (χ1v) is 5.20. The molecule has 0 spiro atoms. The van der Waals surface area contributed by atoms with Gasteiger partial charge in [0, 0.05) is 34.3 Å². The molecule has 0 saturated carbocycles. The molecule has 0 bridgehead atoms. The zero-order valence-electron chi connectivity index (χ0n) is 13.1. The van der Waals surface area contributed by atoms with Crippen LogP contribution in [0, 0.1) is 13.8 Å². The van der Waals surface area contributed by atoms with Gasteiger partial charge in [-0.15, -0.1) is 0 Å². The summed E-state index contributed by atoms with van der Waals surface area (Å²) in [4.78, 5) is 0. The normalized spacial score (nSPS) is 15.4. The standard InChI is InChI=1S/C15H15N/c1-10-4-6-14-12(8-10)13-9-11(2)5-7-15(13)16(14)3/h4-9H,1-3H3/i1D2,2D2. The number of aromatic nitrogens is 1. The highest BCUT2D eigenvalue weighted by atomic mass is 14.9. The van der Waals surface area contributed by atoms with Crippen molar-refractivity contribution in [1.29, 1.82) is 0 Å². The molecule has 0 aliphatic heterocycles. The van der Waals surface area contributed by atoms with Gasteiger partial charge in [0.15, 0.2) is 0 Å². The highest BCUT2D eigenvalue weighted by Gasteiger charge is 2.07. The van der Waals surface area contributed by atoms with Crippen molar-refractivity contribution in [2.24, 2.45) is 7.05 Å². The quantitative estimate of drug-likeness (QED) is 0.533. The van der Waals surface area contributed by atoms with Gasteiger partial charge in [0.2, 0.25) is 0 Å². The van der Waals surface area contributed by atoms with E-state index in [1.54, 1.807) is 0 Å². The Hall–Kier alpha value is -1.76. The number of hydrogen-bond donors (Lipinski definition) is 0. The van der Waals surface area contributed by atoms with Gasteiger partial charge in [-0.25, -0.2) is 0 Å². The van der Waals surface area contributed by atoms with Crippen LogP contribution < -0.4 is 0 Å². The molecule has 2 aromatic carbocycles. The van der Waals surface area contributed by atoms with Crippen LogP contribution in [-0.2, 0) is 7.05 Å². The fraction of sp³-hybridized carbons (Fsp3) is 0.200. The van der Waals surface area contributed by atoms with Crippen molar-refractivity contribution in [2.45, 2.75) is 13.8 Å². The number of rotatable bonds is 0. The molecule has 1 heterocycles. The van der Waals surface area contributed by atoms with Crippen LogP contribution in [-0.4, -0.2) is 4.57 Å². The molecule has 0 atom stereocenters. The molecule has 0 aliphatic carbocycles. The van der Waals surface area contributed by atoms with Gasteiger partial charge in [0.25, 0.3) is 0 Å². The Morgan fingerprint density at radius 2 is 1.38 bits per heavy atom. The van der Waals surface area contributed by atoms with Crippen LogP contribution in [0.3, 0.4) is 0 Å². The number of aryl methyl sites for hydroxylation is 3. The Bertz CT molecular complexity index is 724. The van der Waals surface area contributed by atoms with Gasteiger partial charge in [0.1, 0.15) is 0 Å². The molecule has 0 aliphatic rings. The zero-order valence-corrected chi connectivity index (χ0v) is 9.07. The third-order valence-electron chi connectivity index (χ3n) is 3.05. The van der Waals surface area contributed by atoms with Crippen molar-refractivity contribution in [3.63, 3.8) is 0 Å². The topological polar surface area (TPSA) is 4.93 Å². The second-order valence-corrected chi connectivity index (χ2v) is 4.11. The lowest BCUT2D eigenvalue weighted by Crippen LogP contribution is -1.86. The monoisotopic (exact) mass is 213 g/mol. The number of nitrogens with zero attached hydrogens (tertiary/aromatic N) is 1. The summed E-state index contributed by atoms with van der Waals surface area (Å²) in [5.74, 6) is 0. The van der Waals surface area contributed by atoms with Crippen LogP contribution in [0.25, 0.3) is 21.8 Å². The van der Waals surface area contributed by atoms with Crippen molar-refractivity contribution in [3.8, 4) is 0 Å². The number of hydrogen-bond acceptors (Lipinski definition) is 0. The third kappa shape index (κ3) is 1.18. The fourth-order valence-corrected chi connectivity index (χ4v) is 2.25. The predicted octanol–water partition coefficient (Wildman–Crippen LogP) is 3.95. The van der Waals surface area contributed by atoms with E-state index in [-0.39, 0.29) is 0 Å². The number of fused-ring (bicyclic) bond motifs is 3. The molecule has 0 unspecified atom stereocenters. The first-order chi connectivity index (χ1) is 9.49. The van der Waals surface area contributed by atoms with Crippen molar-refractivity contribution in [2.75, 3.05) is 0 Å². The first-order valence-electron chi connectivity index (χ1n) is 7.51. The minimum atomic E-state index is -1.00. The third-order valence-corrected chi connectivity index (χ3v) is 3.05. The van der Waals surface area contributed by atoms with Crippen LogP contribution in [0.4, 0.5) is 0 Å². The summed E-state index contributed by atoms with van der Waals surface area (Å²) < 4.78 is 32.1. The van der Waals surface area contributed by atoms with E-state index in [0.717, 1.165) is 21.8 Å². The maximum Gasteiger partial charge on any atom is 0.0488 e. The molecule has 0 radical (unpaired) electrons. The molecule has 0 fully saturated rings. The maximum atomic E-state index is 7.52. The highest BCUT2D eigenvalue weighted by Crippen LogP contribution is 2.29. The summed E-state index contributed by atoms with van der Waals surface area (Å²) in [6, 6.07) is 11.2. The molecule has 3 aromatic rings. The second kappa shape index (κ2) is 3.11. The second-order valence-electron chi connectivity index (χ2n) is 4.11. The van der Waals surface area contributed by atoms with Crippen molar-refractivity contribution in [3.05, 3.63) is 47.5 Å². The molecule has 3 rings (SSSR count). The van der Waals surface area contributed by atoms with E-state index >= 15 is 0 Å². The summed E-state index contributed by atoms with van der Waals surface area (Å²) in [6.07, 6.45) is 0. The van der Waals surface area contributed by atoms with Crippen LogP contribution in [0.1, 0.15) is 16.6 Å². The molecule has 1 heteroatoms. The van der Waals surface area contributed by atoms with Crippen molar-refractivity contribution in [1.82, 2.24) is 4.57 Å². The van der Waals surface area contributed by atoms with E-state index in [1.165, 1.54) is 0 Å². The van der Waals surface area contributed by atoms with Crippen LogP contribution in [0.15, 0.2) is 36.4 Å². The molecular formula is C15H15N. The SMILES string of the molecule is [2H]C([2H])c1ccc2c(c1)c1cc(C([2H])[2H])ccc1n2C. The van der Waals surface area contributed by atoms with Gasteiger partial charge in [-0.05, 0) is 38.0 Å². The lowest BCUT2D eigenvalue weighted by Gasteiger charge is -1.97. The molecule has 0 saturated heterocycles. The summed E-state index contributed by atoms with van der Waals surface area (Å²) in [5.41, 5.74) is 3.38. The average molecular weight is 213 g/mol. The molecule has 0 N–H and O–H groups in total. The first kappa shape index (κ1) is 6.09. The van der Waals surface area contributed by atoms with Crippen LogP contribution in [0.5, 0.6) is 0 Å². The smallest absolute Gasteiger partial charge is 0.0488 e. The van der Waals surface area contributed by atoms with Gasteiger partial charge in [-0.2, -0.15) is 0 Å². The summed E-state index contributed by atoms with van der Waals surface area (Å²) in [6.45, 7) is -2.00. The Morgan fingerprint density at radius 1 is 0.875 bits per heavy atom. The van der Waals surface area contributed by atoms with Gasteiger partial charge in [-0.3, -0.25) is 0 Å². The van der Waals surface area contributed by atoms with E-state index < -0.39 is 13.8 Å². The van der Waals surface area contributed by atoms with Crippen molar-refractivity contribution >= 4 is 21.8 Å². The maximum absolute atomic E-state index is 7.52. The van der Waals surface area contributed by atoms with Gasteiger partial charge < -0.3 is 4.57 Å². The van der Waals surface area contributed by atoms with Gasteiger partial charge in [0.05, 0.1) is 0 Å². The Labute approximate surface area is 101 Å². The number of benzene rings is 2. The zero-order chi connectivity index (χ0) is 14.4. The fourth-order valence-electron chi connectivity index (χ4n) is 2.25. The van der Waals surface area contributed by atoms with E-state index in [4.69, 9.17) is 5.48 Å². The minimum absolute atomic E-state index is 0.656. The largest absolute Gasteiger partial charge is 0.344 e. The minimum Gasteiger partial charge on any atom is -0.344 e. The summed E-state index contributed by atoms with van der Waals surface area (Å²) in [7, 11) is 1.97. The highest BCUT2D eigenvalue weighted by molar-refractivity contribution is 6.08. The lowest BCUT2D eigenvalue weighted by atomic mass is 10.1. The van der Waals surface area contributed by atoms with E-state index in [0.29, 0.717) is 11.1 Å². The van der Waals surface area contributed by atoms with Gasteiger partial charge in [-0.1, -0.05) is 23.3 Å². The predicted molar refractivity (Wildman–Crippen MR) is 69.9 cm³/mol. The lowest BCUT2D eigenvalue weighted by molar-refractivity contribution is 1.01. The summed E-state index contributed by atoms with van der Waals surface area (Å²) in [5, 5.41) is 1.96. The van der Waals surface area contributed by atoms with E-state index in [9.17, 15) is 0 Å². The molecule has 16 heavy (non-hydrogen) atoms. The summed E-state index contributed by atoms with van der Waals surface area (Å²) >= 11 is 0. The van der Waals surface area contributed by atoms with E-state index in [2.05, 4.69) is 4.57 Å². The molecule has 1 aromatic heterocycles. The Kier molecular flexibility index (Phi) is 1.19. The Morgan fingerprint density at radius 3 is 1.81 bits per heavy atom. The Balaban J connectivity index is 2.38. The van der Waals surface area contributed by atoms with Crippen LogP contribution in [0.2, 0.25) is 0 Å². The molecular weight excluding hydrogens is 194 g/mol. The molecule has 0 amide bonds. The molecule has 1 nitrogen and oxygen atoms in total. The van der Waals surface area contributed by atoms with E-state index in [1.807, 2.05) is 43.4 Å². The molecule has 80 valence electrons. The van der Waals surface area contributed by atoms with Gasteiger partial charge >= 0.3 is 0 Å². The average Bonchev–Trinajstić information content (AvgIpc) is 2.71. The van der Waals surface area contributed by atoms with Crippen molar-refractivity contribution < 1.29 is 5.48 Å². The van der Waals surface area contributed by atoms with Crippen LogP contribution >= 0.6 is 0 Å².